The van der Waals surface area contributed by atoms with Crippen LogP contribution in [0.5, 0.6) is 0 Å². The highest BCUT2D eigenvalue weighted by Crippen LogP contribution is 2.29. The van der Waals surface area contributed by atoms with Crippen LogP contribution in [0, 0.1) is 5.92 Å². The molecule has 0 aromatic carbocycles. The van der Waals surface area contributed by atoms with Crippen molar-refractivity contribution < 1.29 is 5.11 Å². The van der Waals surface area contributed by atoms with Gasteiger partial charge in [0.15, 0.2) is 0 Å². The van der Waals surface area contributed by atoms with Crippen LogP contribution in [0.1, 0.15) is 45.4 Å². The number of nitrogens with one attached hydrogen (secondary N) is 1. The summed E-state index contributed by atoms with van der Waals surface area (Å²) in [5.41, 5.74) is 0. The smallest absolute Gasteiger partial charge is 0.0555 e. The van der Waals surface area contributed by atoms with E-state index >= 15 is 0 Å². The molecule has 2 heteroatoms. The Morgan fingerprint density at radius 2 is 2.00 bits per heavy atom. The van der Waals surface area contributed by atoms with Gasteiger partial charge in [0.2, 0.25) is 0 Å². The Balaban J connectivity index is 1.74. The first-order valence-electron chi connectivity index (χ1n) is 5.70. The van der Waals surface area contributed by atoms with Crippen molar-refractivity contribution in [1.82, 2.24) is 5.32 Å². The highest BCUT2D eigenvalue weighted by Gasteiger charge is 2.30. The van der Waals surface area contributed by atoms with E-state index in [-0.39, 0.29) is 6.10 Å². The quantitative estimate of drug-likeness (QED) is 0.682. The first kappa shape index (κ1) is 9.47. The average molecular weight is 183 g/mol. The zero-order valence-electron chi connectivity index (χ0n) is 8.50. The van der Waals surface area contributed by atoms with Gasteiger partial charge in [0.1, 0.15) is 0 Å². The normalized spacial score (nSPS) is 45.7. The largest absolute Gasteiger partial charge is 0.393 e. The molecule has 76 valence electrons. The van der Waals surface area contributed by atoms with E-state index in [2.05, 4.69) is 12.2 Å². The van der Waals surface area contributed by atoms with Crippen molar-refractivity contribution in [3.8, 4) is 0 Å². The molecule has 2 fully saturated rings. The maximum atomic E-state index is 9.51. The first-order chi connectivity index (χ1) is 6.25. The van der Waals surface area contributed by atoms with E-state index < -0.39 is 0 Å². The molecule has 0 aliphatic heterocycles. The SMILES string of the molecule is CC1CCC1N[C@H]1CCC[C@@H](O)C1. The number of hydrogen-bond acceptors (Lipinski definition) is 2. The highest BCUT2D eigenvalue weighted by molar-refractivity contribution is 4.88. The van der Waals surface area contributed by atoms with Crippen molar-refractivity contribution >= 4 is 0 Å². The van der Waals surface area contributed by atoms with Gasteiger partial charge in [0, 0.05) is 12.1 Å². The summed E-state index contributed by atoms with van der Waals surface area (Å²) in [6.07, 6.45) is 7.13. The second-order valence-corrected chi connectivity index (χ2v) is 4.85. The van der Waals surface area contributed by atoms with Gasteiger partial charge in [0.25, 0.3) is 0 Å². The van der Waals surface area contributed by atoms with Crippen LogP contribution in [0.4, 0.5) is 0 Å². The number of hydrogen-bond donors (Lipinski definition) is 2. The summed E-state index contributed by atoms with van der Waals surface area (Å²) in [5.74, 6) is 0.860. The van der Waals surface area contributed by atoms with Crippen molar-refractivity contribution in [2.75, 3.05) is 0 Å². The van der Waals surface area contributed by atoms with Crippen molar-refractivity contribution in [3.05, 3.63) is 0 Å². The minimum Gasteiger partial charge on any atom is -0.393 e. The lowest BCUT2D eigenvalue weighted by Gasteiger charge is -2.39. The average Bonchev–Trinajstić information content (AvgIpc) is 2.12. The molecule has 0 heterocycles. The van der Waals surface area contributed by atoms with Crippen molar-refractivity contribution in [3.63, 3.8) is 0 Å². The molecule has 0 bridgehead atoms. The van der Waals surface area contributed by atoms with E-state index in [9.17, 15) is 5.11 Å². The van der Waals surface area contributed by atoms with Crippen LogP contribution < -0.4 is 5.32 Å². The number of aliphatic hydroxyl groups is 1. The highest BCUT2D eigenvalue weighted by atomic mass is 16.3. The summed E-state index contributed by atoms with van der Waals surface area (Å²) in [4.78, 5) is 0. The van der Waals surface area contributed by atoms with Crippen LogP contribution in [-0.2, 0) is 0 Å². The van der Waals surface area contributed by atoms with E-state index in [1.165, 1.54) is 25.7 Å². The van der Waals surface area contributed by atoms with Crippen LogP contribution in [-0.4, -0.2) is 23.3 Å². The molecule has 2 saturated carbocycles. The van der Waals surface area contributed by atoms with Crippen molar-refractivity contribution in [2.24, 2.45) is 5.92 Å². The Hall–Kier alpha value is -0.0800. The van der Waals surface area contributed by atoms with Gasteiger partial charge in [-0.1, -0.05) is 6.92 Å². The Kier molecular flexibility index (Phi) is 2.89. The van der Waals surface area contributed by atoms with Crippen molar-refractivity contribution in [1.29, 1.82) is 0 Å². The maximum absolute atomic E-state index is 9.51. The molecule has 2 rings (SSSR count). The number of aliphatic hydroxyl groups excluding tert-OH is 1. The molecule has 0 radical (unpaired) electrons. The molecule has 0 aromatic rings. The summed E-state index contributed by atoms with van der Waals surface area (Å²) < 4.78 is 0. The van der Waals surface area contributed by atoms with Gasteiger partial charge in [-0.3, -0.25) is 0 Å². The molecular formula is C11H21NO. The summed E-state index contributed by atoms with van der Waals surface area (Å²) in [6.45, 7) is 2.32. The zero-order valence-corrected chi connectivity index (χ0v) is 8.50. The lowest BCUT2D eigenvalue weighted by molar-refractivity contribution is 0.0958. The van der Waals surface area contributed by atoms with Gasteiger partial charge < -0.3 is 10.4 Å². The molecule has 0 spiro atoms. The molecule has 0 aromatic heterocycles. The molecule has 2 aliphatic carbocycles. The third-order valence-corrected chi connectivity index (χ3v) is 3.72. The maximum Gasteiger partial charge on any atom is 0.0555 e. The molecular weight excluding hydrogens is 162 g/mol. The Labute approximate surface area is 80.7 Å². The summed E-state index contributed by atoms with van der Waals surface area (Å²) >= 11 is 0. The first-order valence-corrected chi connectivity index (χ1v) is 5.70. The van der Waals surface area contributed by atoms with Gasteiger partial charge >= 0.3 is 0 Å². The van der Waals surface area contributed by atoms with Crippen LogP contribution >= 0.6 is 0 Å². The topological polar surface area (TPSA) is 32.3 Å². The van der Waals surface area contributed by atoms with E-state index in [1.54, 1.807) is 0 Å². The van der Waals surface area contributed by atoms with E-state index in [1.807, 2.05) is 0 Å². The Morgan fingerprint density at radius 1 is 1.15 bits per heavy atom. The molecule has 2 nitrogen and oxygen atoms in total. The van der Waals surface area contributed by atoms with Crippen LogP contribution in [0.25, 0.3) is 0 Å². The Bertz CT molecular complexity index is 171. The van der Waals surface area contributed by atoms with Crippen LogP contribution in [0.15, 0.2) is 0 Å². The van der Waals surface area contributed by atoms with Gasteiger partial charge in [-0.15, -0.1) is 0 Å². The summed E-state index contributed by atoms with van der Waals surface area (Å²) in [6, 6.07) is 1.34. The molecule has 0 saturated heterocycles. The van der Waals surface area contributed by atoms with Crippen LogP contribution in [0.2, 0.25) is 0 Å². The second kappa shape index (κ2) is 3.97. The molecule has 2 aliphatic rings. The third-order valence-electron chi connectivity index (χ3n) is 3.72. The van der Waals surface area contributed by atoms with Gasteiger partial charge in [-0.05, 0) is 44.4 Å². The second-order valence-electron chi connectivity index (χ2n) is 4.85. The lowest BCUT2D eigenvalue weighted by Crippen LogP contribution is -2.49. The van der Waals surface area contributed by atoms with E-state index in [0.717, 1.165) is 24.8 Å². The van der Waals surface area contributed by atoms with E-state index in [4.69, 9.17) is 0 Å². The molecule has 4 atom stereocenters. The standard InChI is InChI=1S/C11H21NO/c1-8-5-6-11(8)12-9-3-2-4-10(13)7-9/h8-13H,2-7H2,1H3/t8?,9-,10+,11?/m0/s1. The molecule has 2 unspecified atom stereocenters. The minimum atomic E-state index is -0.0402. The lowest BCUT2D eigenvalue weighted by atomic mass is 9.79. The molecule has 13 heavy (non-hydrogen) atoms. The van der Waals surface area contributed by atoms with Crippen LogP contribution in [0.3, 0.4) is 0 Å². The fourth-order valence-electron chi connectivity index (χ4n) is 2.53. The van der Waals surface area contributed by atoms with E-state index in [0.29, 0.717) is 6.04 Å². The van der Waals surface area contributed by atoms with Crippen molar-refractivity contribution in [2.45, 2.75) is 63.6 Å². The fourth-order valence-corrected chi connectivity index (χ4v) is 2.53. The Morgan fingerprint density at radius 3 is 2.54 bits per heavy atom. The third kappa shape index (κ3) is 2.23. The van der Waals surface area contributed by atoms with Gasteiger partial charge in [-0.2, -0.15) is 0 Å². The summed E-state index contributed by atoms with van der Waals surface area (Å²) in [7, 11) is 0. The molecule has 0 amide bonds. The number of rotatable bonds is 2. The molecule has 2 N–H and O–H groups in total. The monoisotopic (exact) mass is 183 g/mol. The predicted molar refractivity (Wildman–Crippen MR) is 53.6 cm³/mol. The van der Waals surface area contributed by atoms with Gasteiger partial charge in [0.05, 0.1) is 6.10 Å². The predicted octanol–water partition coefficient (Wildman–Crippen LogP) is 1.68. The fraction of sp³-hybridized carbons (Fsp3) is 1.00. The minimum absolute atomic E-state index is 0.0402. The summed E-state index contributed by atoms with van der Waals surface area (Å²) in [5, 5.41) is 13.2. The zero-order chi connectivity index (χ0) is 9.26. The van der Waals surface area contributed by atoms with Gasteiger partial charge in [-0.25, -0.2) is 0 Å².